The molecule has 182 valence electrons. The molecule has 7 heteroatoms. The number of carbonyl (C=O) groups is 2. The normalized spacial score (nSPS) is 15.1. The molecule has 0 saturated carbocycles. The molecular formula is C28H30BrN3O2S. The Labute approximate surface area is 220 Å². The first-order valence-corrected chi connectivity index (χ1v) is 13.6. The van der Waals surface area contributed by atoms with Crippen LogP contribution in [0.4, 0.5) is 0 Å². The van der Waals surface area contributed by atoms with Crippen molar-refractivity contribution in [1.29, 1.82) is 0 Å². The second-order valence-electron chi connectivity index (χ2n) is 8.61. The quantitative estimate of drug-likeness (QED) is 0.401. The molecule has 1 N–H and O–H groups in total. The van der Waals surface area contributed by atoms with Crippen molar-refractivity contribution in [3.05, 3.63) is 101 Å². The van der Waals surface area contributed by atoms with Gasteiger partial charge in [-0.3, -0.25) is 14.5 Å². The summed E-state index contributed by atoms with van der Waals surface area (Å²) < 4.78 is 0.993. The number of piperazine rings is 1. The van der Waals surface area contributed by atoms with E-state index in [9.17, 15) is 9.59 Å². The number of halogens is 1. The van der Waals surface area contributed by atoms with E-state index >= 15 is 0 Å². The van der Waals surface area contributed by atoms with Crippen LogP contribution in [0.1, 0.15) is 24.1 Å². The molecule has 1 aliphatic rings. The molecule has 5 nitrogen and oxygen atoms in total. The van der Waals surface area contributed by atoms with Crippen LogP contribution in [0.5, 0.6) is 0 Å². The van der Waals surface area contributed by atoms with Crippen LogP contribution in [0, 0.1) is 0 Å². The fourth-order valence-electron chi connectivity index (χ4n) is 4.46. The van der Waals surface area contributed by atoms with Crippen molar-refractivity contribution in [2.24, 2.45) is 0 Å². The number of thioether (sulfide) groups is 1. The molecule has 0 bridgehead atoms. The first-order valence-electron chi connectivity index (χ1n) is 11.8. The van der Waals surface area contributed by atoms with Crippen LogP contribution in [0.3, 0.4) is 0 Å². The SMILES string of the molecule is CC(=O)NC(CSc1cccc(Br)c1)C(=O)N1CCN(C(c2ccccc2)c2ccccc2)CC1. The molecule has 3 aromatic carbocycles. The van der Waals surface area contributed by atoms with Crippen molar-refractivity contribution in [3.8, 4) is 0 Å². The summed E-state index contributed by atoms with van der Waals surface area (Å²) in [6.45, 7) is 4.27. The fourth-order valence-corrected chi connectivity index (χ4v) is 5.98. The Morgan fingerprint density at radius 1 is 0.886 bits per heavy atom. The maximum atomic E-state index is 13.4. The van der Waals surface area contributed by atoms with E-state index in [1.54, 1.807) is 11.8 Å². The van der Waals surface area contributed by atoms with Gasteiger partial charge in [-0.15, -0.1) is 11.8 Å². The molecule has 2 amide bonds. The van der Waals surface area contributed by atoms with Crippen molar-refractivity contribution in [1.82, 2.24) is 15.1 Å². The third-order valence-corrected chi connectivity index (χ3v) is 7.69. The smallest absolute Gasteiger partial charge is 0.246 e. The van der Waals surface area contributed by atoms with Crippen LogP contribution >= 0.6 is 27.7 Å². The summed E-state index contributed by atoms with van der Waals surface area (Å²) in [5.74, 6) is 0.287. The average molecular weight is 553 g/mol. The summed E-state index contributed by atoms with van der Waals surface area (Å²) in [7, 11) is 0. The van der Waals surface area contributed by atoms with Crippen LogP contribution in [-0.2, 0) is 9.59 Å². The van der Waals surface area contributed by atoms with Gasteiger partial charge >= 0.3 is 0 Å². The highest BCUT2D eigenvalue weighted by molar-refractivity contribution is 9.10. The Bertz CT molecular complexity index is 1080. The summed E-state index contributed by atoms with van der Waals surface area (Å²) in [5, 5.41) is 2.87. The van der Waals surface area contributed by atoms with Crippen LogP contribution in [0.15, 0.2) is 94.3 Å². The number of rotatable bonds is 8. The van der Waals surface area contributed by atoms with E-state index in [0.717, 1.165) is 22.5 Å². The summed E-state index contributed by atoms with van der Waals surface area (Å²) >= 11 is 5.06. The van der Waals surface area contributed by atoms with Crippen LogP contribution in [-0.4, -0.2) is 59.6 Å². The van der Waals surface area contributed by atoms with Gasteiger partial charge in [0.05, 0.1) is 6.04 Å². The first-order chi connectivity index (χ1) is 17.0. The Balaban J connectivity index is 1.43. The van der Waals surface area contributed by atoms with Gasteiger partial charge in [0, 0.05) is 48.2 Å². The molecular weight excluding hydrogens is 522 g/mol. The lowest BCUT2D eigenvalue weighted by molar-refractivity contribution is -0.137. The van der Waals surface area contributed by atoms with Gasteiger partial charge in [-0.2, -0.15) is 0 Å². The summed E-state index contributed by atoms with van der Waals surface area (Å²) in [5.41, 5.74) is 2.50. The third-order valence-electron chi connectivity index (χ3n) is 6.11. The predicted molar refractivity (Wildman–Crippen MR) is 145 cm³/mol. The molecule has 1 aliphatic heterocycles. The van der Waals surface area contributed by atoms with E-state index in [-0.39, 0.29) is 17.9 Å². The van der Waals surface area contributed by atoms with E-state index in [1.165, 1.54) is 18.1 Å². The van der Waals surface area contributed by atoms with Gasteiger partial charge in [0.1, 0.15) is 6.04 Å². The minimum absolute atomic E-state index is 0.0154. The fraction of sp³-hybridized carbons (Fsp3) is 0.286. The minimum Gasteiger partial charge on any atom is -0.344 e. The van der Waals surface area contributed by atoms with Crippen molar-refractivity contribution in [2.45, 2.75) is 23.9 Å². The van der Waals surface area contributed by atoms with Gasteiger partial charge in [-0.05, 0) is 29.3 Å². The van der Waals surface area contributed by atoms with E-state index in [2.05, 4.69) is 74.7 Å². The van der Waals surface area contributed by atoms with Crippen LogP contribution in [0.25, 0.3) is 0 Å². The average Bonchev–Trinajstić information content (AvgIpc) is 2.88. The molecule has 3 aromatic rings. The first kappa shape index (κ1) is 25.5. The maximum Gasteiger partial charge on any atom is 0.246 e. The number of hydrogen-bond donors (Lipinski definition) is 1. The standard InChI is InChI=1S/C28H30BrN3O2S/c1-21(33)30-26(20-35-25-14-8-13-24(29)19-25)28(34)32-17-15-31(16-18-32)27(22-9-4-2-5-10-22)23-11-6-3-7-12-23/h2-14,19,26-27H,15-18,20H2,1H3,(H,30,33). The zero-order valence-corrected chi connectivity index (χ0v) is 22.2. The van der Waals surface area contributed by atoms with Crippen LogP contribution < -0.4 is 5.32 Å². The highest BCUT2D eigenvalue weighted by atomic mass is 79.9. The lowest BCUT2D eigenvalue weighted by Crippen LogP contribution is -2.56. The second-order valence-corrected chi connectivity index (χ2v) is 10.6. The maximum absolute atomic E-state index is 13.4. The molecule has 1 fully saturated rings. The van der Waals surface area contributed by atoms with Crippen LogP contribution in [0.2, 0.25) is 0 Å². The van der Waals surface area contributed by atoms with Gasteiger partial charge in [0.2, 0.25) is 11.8 Å². The predicted octanol–water partition coefficient (Wildman–Crippen LogP) is 4.98. The molecule has 35 heavy (non-hydrogen) atoms. The molecule has 1 atom stereocenters. The van der Waals surface area contributed by atoms with Gasteiger partial charge in [0.15, 0.2) is 0 Å². The van der Waals surface area contributed by atoms with Crippen molar-refractivity contribution in [2.75, 3.05) is 31.9 Å². The number of nitrogens with zero attached hydrogens (tertiary/aromatic N) is 2. The Hall–Kier alpha value is -2.61. The van der Waals surface area contributed by atoms with Gasteiger partial charge in [-0.1, -0.05) is 82.7 Å². The van der Waals surface area contributed by atoms with Gasteiger partial charge in [-0.25, -0.2) is 0 Å². The monoisotopic (exact) mass is 551 g/mol. The topological polar surface area (TPSA) is 52.7 Å². The second kappa shape index (κ2) is 12.4. The molecule has 0 spiro atoms. The number of amides is 2. The van der Waals surface area contributed by atoms with E-state index in [4.69, 9.17) is 0 Å². The summed E-state index contributed by atoms with van der Waals surface area (Å²) in [6, 6.07) is 28.6. The van der Waals surface area contributed by atoms with Crippen molar-refractivity contribution in [3.63, 3.8) is 0 Å². The number of nitrogens with one attached hydrogen (secondary N) is 1. The van der Waals surface area contributed by atoms with E-state index in [1.807, 2.05) is 41.3 Å². The lowest BCUT2D eigenvalue weighted by Gasteiger charge is -2.40. The Morgan fingerprint density at radius 2 is 1.49 bits per heavy atom. The molecule has 1 unspecified atom stereocenters. The summed E-state index contributed by atoms with van der Waals surface area (Å²) in [4.78, 5) is 30.7. The van der Waals surface area contributed by atoms with Gasteiger partial charge < -0.3 is 10.2 Å². The lowest BCUT2D eigenvalue weighted by atomic mass is 9.96. The van der Waals surface area contributed by atoms with E-state index in [0.29, 0.717) is 18.8 Å². The molecule has 1 saturated heterocycles. The Morgan fingerprint density at radius 3 is 2.03 bits per heavy atom. The highest BCUT2D eigenvalue weighted by Crippen LogP contribution is 2.30. The zero-order valence-electron chi connectivity index (χ0n) is 19.8. The molecule has 1 heterocycles. The molecule has 4 rings (SSSR count). The third kappa shape index (κ3) is 6.97. The Kier molecular flexibility index (Phi) is 9.01. The number of carbonyl (C=O) groups excluding carboxylic acids is 2. The molecule has 0 aromatic heterocycles. The molecule has 0 aliphatic carbocycles. The highest BCUT2D eigenvalue weighted by Gasteiger charge is 2.31. The van der Waals surface area contributed by atoms with Crippen molar-refractivity contribution < 1.29 is 9.59 Å². The van der Waals surface area contributed by atoms with E-state index < -0.39 is 6.04 Å². The number of hydrogen-bond acceptors (Lipinski definition) is 4. The largest absolute Gasteiger partial charge is 0.344 e. The summed E-state index contributed by atoms with van der Waals surface area (Å²) in [6.07, 6.45) is 0. The molecule has 0 radical (unpaired) electrons. The van der Waals surface area contributed by atoms with Gasteiger partial charge in [0.25, 0.3) is 0 Å². The zero-order chi connectivity index (χ0) is 24.6. The minimum atomic E-state index is -0.554. The van der Waals surface area contributed by atoms with Crippen molar-refractivity contribution >= 4 is 39.5 Å². The number of benzene rings is 3.